The minimum atomic E-state index is -0.292. The summed E-state index contributed by atoms with van der Waals surface area (Å²) in [5.74, 6) is 0.0960. The molecule has 0 saturated carbocycles. The van der Waals surface area contributed by atoms with Gasteiger partial charge in [-0.25, -0.2) is 9.07 Å². The van der Waals surface area contributed by atoms with E-state index in [9.17, 15) is 9.18 Å². The van der Waals surface area contributed by atoms with Crippen molar-refractivity contribution in [3.8, 4) is 5.69 Å². The summed E-state index contributed by atoms with van der Waals surface area (Å²) in [5, 5.41) is 10.8. The monoisotopic (exact) mass is 366 g/mol. The summed E-state index contributed by atoms with van der Waals surface area (Å²) in [6, 6.07) is 6.09. The van der Waals surface area contributed by atoms with Crippen LogP contribution in [-0.4, -0.2) is 35.3 Å². The first-order valence-electron chi connectivity index (χ1n) is 8.37. The van der Waals surface area contributed by atoms with E-state index in [4.69, 9.17) is 0 Å². The summed E-state index contributed by atoms with van der Waals surface area (Å²) in [5.41, 5.74) is 2.78. The van der Waals surface area contributed by atoms with Gasteiger partial charge < -0.3 is 10.6 Å². The number of halogens is 2. The van der Waals surface area contributed by atoms with Crippen molar-refractivity contribution in [2.75, 3.05) is 19.6 Å². The van der Waals surface area contributed by atoms with Gasteiger partial charge in [0, 0.05) is 6.54 Å². The lowest BCUT2D eigenvalue weighted by Gasteiger charge is -2.22. The Morgan fingerprint density at radius 1 is 1.36 bits per heavy atom. The van der Waals surface area contributed by atoms with Crippen LogP contribution in [-0.2, 0) is 0 Å². The maximum atomic E-state index is 13.1. The third-order valence-corrected chi connectivity index (χ3v) is 4.54. The molecule has 0 aliphatic carbocycles. The summed E-state index contributed by atoms with van der Waals surface area (Å²) < 4.78 is 14.8. The van der Waals surface area contributed by atoms with Gasteiger partial charge in [-0.15, -0.1) is 12.4 Å². The maximum Gasteiger partial charge on any atom is 0.255 e. The Balaban J connectivity index is 0.00000225. The van der Waals surface area contributed by atoms with E-state index in [0.717, 1.165) is 37.3 Å². The van der Waals surface area contributed by atoms with Crippen LogP contribution in [0.25, 0.3) is 5.69 Å². The molecule has 1 aliphatic rings. The molecule has 5 nitrogen and oxygen atoms in total. The lowest BCUT2D eigenvalue weighted by molar-refractivity contribution is 0.0943. The highest BCUT2D eigenvalue weighted by Gasteiger charge is 2.21. The Labute approximate surface area is 153 Å². The molecule has 0 bridgehead atoms. The van der Waals surface area contributed by atoms with Crippen LogP contribution in [0.3, 0.4) is 0 Å². The first-order chi connectivity index (χ1) is 11.6. The molecule has 136 valence electrons. The third kappa shape index (κ3) is 4.38. The van der Waals surface area contributed by atoms with Gasteiger partial charge in [-0.3, -0.25) is 4.79 Å². The predicted octanol–water partition coefficient (Wildman–Crippen LogP) is 2.78. The second-order valence-corrected chi connectivity index (χ2v) is 6.36. The van der Waals surface area contributed by atoms with Crippen LogP contribution in [0.5, 0.6) is 0 Å². The zero-order chi connectivity index (χ0) is 17.1. The van der Waals surface area contributed by atoms with Gasteiger partial charge in [-0.2, -0.15) is 5.10 Å². The van der Waals surface area contributed by atoms with Crippen LogP contribution >= 0.6 is 12.4 Å². The van der Waals surface area contributed by atoms with Gasteiger partial charge in [0.15, 0.2) is 0 Å². The van der Waals surface area contributed by atoms with Crippen molar-refractivity contribution in [1.29, 1.82) is 0 Å². The number of aryl methyl sites for hydroxylation is 1. The first-order valence-corrected chi connectivity index (χ1v) is 8.37. The van der Waals surface area contributed by atoms with E-state index in [-0.39, 0.29) is 24.1 Å². The smallest absolute Gasteiger partial charge is 0.255 e. The van der Waals surface area contributed by atoms with Crippen molar-refractivity contribution in [1.82, 2.24) is 20.4 Å². The number of carbonyl (C=O) groups is 1. The fourth-order valence-corrected chi connectivity index (χ4v) is 3.23. The Morgan fingerprint density at radius 2 is 2.08 bits per heavy atom. The maximum absolute atomic E-state index is 13.1. The lowest BCUT2D eigenvalue weighted by atomic mass is 9.99. The third-order valence-electron chi connectivity index (χ3n) is 4.54. The van der Waals surface area contributed by atoms with E-state index in [2.05, 4.69) is 15.7 Å². The summed E-state index contributed by atoms with van der Waals surface area (Å²) >= 11 is 0. The molecule has 2 heterocycles. The second-order valence-electron chi connectivity index (χ2n) is 6.36. The van der Waals surface area contributed by atoms with Crippen molar-refractivity contribution in [2.45, 2.75) is 26.7 Å². The molecule has 1 fully saturated rings. The number of rotatable bonds is 4. The molecule has 1 aromatic heterocycles. The SMILES string of the molecule is Cc1nn(-c2ccc(F)cc2)c(C)c1C(=O)NCC1CCCNC1.Cl. The van der Waals surface area contributed by atoms with Crippen molar-refractivity contribution in [3.05, 3.63) is 47.0 Å². The Hall–Kier alpha value is -1.92. The van der Waals surface area contributed by atoms with E-state index >= 15 is 0 Å². The van der Waals surface area contributed by atoms with E-state index < -0.39 is 0 Å². The molecule has 2 aromatic rings. The van der Waals surface area contributed by atoms with Gasteiger partial charge in [-0.05, 0) is 70.0 Å². The number of hydrogen-bond donors (Lipinski definition) is 2. The number of aromatic nitrogens is 2. The minimum absolute atomic E-state index is 0. The number of nitrogens with zero attached hydrogens (tertiary/aromatic N) is 2. The average Bonchev–Trinajstić information content (AvgIpc) is 2.89. The van der Waals surface area contributed by atoms with Crippen molar-refractivity contribution < 1.29 is 9.18 Å². The number of amides is 1. The van der Waals surface area contributed by atoms with E-state index in [1.54, 1.807) is 16.8 Å². The Morgan fingerprint density at radius 3 is 2.72 bits per heavy atom. The molecular formula is C18H24ClFN4O. The van der Waals surface area contributed by atoms with E-state index in [0.29, 0.717) is 23.7 Å². The Kier molecular flexibility index (Phi) is 6.56. The van der Waals surface area contributed by atoms with Crippen LogP contribution in [0.4, 0.5) is 4.39 Å². The number of piperidine rings is 1. The van der Waals surface area contributed by atoms with Crippen molar-refractivity contribution in [2.24, 2.45) is 5.92 Å². The number of carbonyl (C=O) groups excluding carboxylic acids is 1. The van der Waals surface area contributed by atoms with Crippen LogP contribution in [0.2, 0.25) is 0 Å². The minimum Gasteiger partial charge on any atom is -0.352 e. The van der Waals surface area contributed by atoms with E-state index in [1.165, 1.54) is 12.1 Å². The zero-order valence-corrected chi connectivity index (χ0v) is 15.3. The highest BCUT2D eigenvalue weighted by molar-refractivity contribution is 5.96. The molecule has 3 rings (SSSR count). The fraction of sp³-hybridized carbons (Fsp3) is 0.444. The molecule has 25 heavy (non-hydrogen) atoms. The molecule has 1 atom stereocenters. The van der Waals surface area contributed by atoms with Gasteiger partial charge >= 0.3 is 0 Å². The zero-order valence-electron chi connectivity index (χ0n) is 14.5. The summed E-state index contributed by atoms with van der Waals surface area (Å²) in [4.78, 5) is 12.6. The highest BCUT2D eigenvalue weighted by atomic mass is 35.5. The van der Waals surface area contributed by atoms with Crippen LogP contribution < -0.4 is 10.6 Å². The fourth-order valence-electron chi connectivity index (χ4n) is 3.23. The van der Waals surface area contributed by atoms with Gasteiger partial charge in [0.1, 0.15) is 5.82 Å². The van der Waals surface area contributed by atoms with Crippen molar-refractivity contribution in [3.63, 3.8) is 0 Å². The molecule has 0 spiro atoms. The van der Waals surface area contributed by atoms with Gasteiger partial charge in [-0.1, -0.05) is 0 Å². The van der Waals surface area contributed by atoms with Crippen LogP contribution in [0, 0.1) is 25.6 Å². The predicted molar refractivity (Wildman–Crippen MR) is 98.2 cm³/mol. The molecule has 1 aromatic carbocycles. The van der Waals surface area contributed by atoms with Crippen LogP contribution in [0.15, 0.2) is 24.3 Å². The normalized spacial score (nSPS) is 17.0. The largest absolute Gasteiger partial charge is 0.352 e. The second kappa shape index (κ2) is 8.45. The summed E-state index contributed by atoms with van der Waals surface area (Å²) in [7, 11) is 0. The molecule has 7 heteroatoms. The number of benzene rings is 1. The number of hydrogen-bond acceptors (Lipinski definition) is 3. The first kappa shape index (κ1) is 19.4. The number of nitrogens with one attached hydrogen (secondary N) is 2. The topological polar surface area (TPSA) is 59.0 Å². The molecule has 0 radical (unpaired) electrons. The lowest BCUT2D eigenvalue weighted by Crippen LogP contribution is -2.38. The highest BCUT2D eigenvalue weighted by Crippen LogP contribution is 2.18. The Bertz CT molecular complexity index is 723. The van der Waals surface area contributed by atoms with Crippen LogP contribution in [0.1, 0.15) is 34.6 Å². The quantitative estimate of drug-likeness (QED) is 0.874. The molecule has 1 amide bonds. The summed E-state index contributed by atoms with van der Waals surface area (Å²) in [6.45, 7) is 6.37. The molecule has 1 saturated heterocycles. The van der Waals surface area contributed by atoms with Gasteiger partial charge in [0.2, 0.25) is 0 Å². The molecule has 1 aliphatic heterocycles. The van der Waals surface area contributed by atoms with Gasteiger partial charge in [0.25, 0.3) is 5.91 Å². The average molecular weight is 367 g/mol. The van der Waals surface area contributed by atoms with E-state index in [1.807, 2.05) is 13.8 Å². The molecular weight excluding hydrogens is 343 g/mol. The standard InChI is InChI=1S/C18H23FN4O.ClH/c1-12-17(18(24)21-11-14-4-3-9-20-10-14)13(2)23(22-12)16-7-5-15(19)6-8-16;/h5-8,14,20H,3-4,9-11H2,1-2H3,(H,21,24);1H. The molecule has 1 unspecified atom stereocenters. The molecule has 2 N–H and O–H groups in total. The van der Waals surface area contributed by atoms with Crippen molar-refractivity contribution >= 4 is 18.3 Å². The van der Waals surface area contributed by atoms with Gasteiger partial charge in [0.05, 0.1) is 22.6 Å². The summed E-state index contributed by atoms with van der Waals surface area (Å²) in [6.07, 6.45) is 2.29.